The first-order valence-electron chi connectivity index (χ1n) is 4.57. The highest BCUT2D eigenvalue weighted by Gasteiger charge is 2.09. The van der Waals surface area contributed by atoms with Gasteiger partial charge in [-0.15, -0.1) is 0 Å². The number of hydrogen-bond donors (Lipinski definition) is 1. The van der Waals surface area contributed by atoms with Crippen LogP contribution in [0.3, 0.4) is 0 Å². The van der Waals surface area contributed by atoms with Crippen molar-refractivity contribution >= 4 is 21.9 Å². The standard InChI is InChI=1S/C10H13BrN2O2/c1-15-10(14)5-3-8(12)7-2-4-9(11)13-6-7/h2,4,6,8H,3,5,12H2,1H3. The molecule has 1 unspecified atom stereocenters. The summed E-state index contributed by atoms with van der Waals surface area (Å²) < 4.78 is 5.31. The van der Waals surface area contributed by atoms with Crippen LogP contribution in [0.1, 0.15) is 24.4 Å². The van der Waals surface area contributed by atoms with Gasteiger partial charge in [-0.1, -0.05) is 6.07 Å². The summed E-state index contributed by atoms with van der Waals surface area (Å²) in [5.74, 6) is -0.240. The van der Waals surface area contributed by atoms with Crippen LogP contribution >= 0.6 is 15.9 Å². The molecule has 0 bridgehead atoms. The Labute approximate surface area is 97.0 Å². The molecule has 1 rings (SSSR count). The summed E-state index contributed by atoms with van der Waals surface area (Å²) in [6.45, 7) is 0. The molecular formula is C10H13BrN2O2. The molecule has 0 aliphatic carbocycles. The predicted molar refractivity (Wildman–Crippen MR) is 60.1 cm³/mol. The number of hydrogen-bond acceptors (Lipinski definition) is 4. The number of methoxy groups -OCH3 is 1. The number of nitrogens with two attached hydrogens (primary N) is 1. The number of halogens is 1. The lowest BCUT2D eigenvalue weighted by molar-refractivity contribution is -0.140. The Hall–Kier alpha value is -0.940. The molecule has 0 saturated carbocycles. The highest BCUT2D eigenvalue weighted by atomic mass is 79.9. The van der Waals surface area contributed by atoms with Gasteiger partial charge in [0.1, 0.15) is 4.60 Å². The maximum atomic E-state index is 10.9. The van der Waals surface area contributed by atoms with Crippen molar-refractivity contribution in [2.75, 3.05) is 7.11 Å². The SMILES string of the molecule is COC(=O)CCC(N)c1ccc(Br)nc1. The molecule has 0 saturated heterocycles. The molecule has 0 radical (unpaired) electrons. The fraction of sp³-hybridized carbons (Fsp3) is 0.400. The molecule has 1 aromatic heterocycles. The van der Waals surface area contributed by atoms with Crippen molar-refractivity contribution in [3.63, 3.8) is 0 Å². The summed E-state index contributed by atoms with van der Waals surface area (Å²) in [7, 11) is 1.37. The molecule has 1 aromatic rings. The Bertz CT molecular complexity index is 327. The maximum absolute atomic E-state index is 10.9. The minimum absolute atomic E-state index is 0.176. The number of ether oxygens (including phenoxy) is 1. The minimum atomic E-state index is -0.240. The van der Waals surface area contributed by atoms with E-state index < -0.39 is 0 Å². The quantitative estimate of drug-likeness (QED) is 0.671. The van der Waals surface area contributed by atoms with E-state index in [4.69, 9.17) is 5.73 Å². The summed E-state index contributed by atoms with van der Waals surface area (Å²) >= 11 is 3.24. The fourth-order valence-corrected chi connectivity index (χ4v) is 1.38. The van der Waals surface area contributed by atoms with Crippen LogP contribution < -0.4 is 5.73 Å². The van der Waals surface area contributed by atoms with Gasteiger partial charge in [0.05, 0.1) is 7.11 Å². The van der Waals surface area contributed by atoms with Crippen LogP contribution in [0.4, 0.5) is 0 Å². The lowest BCUT2D eigenvalue weighted by Crippen LogP contribution is -2.13. The number of rotatable bonds is 4. The summed E-state index contributed by atoms with van der Waals surface area (Å²) in [5, 5.41) is 0. The largest absolute Gasteiger partial charge is 0.469 e. The molecule has 1 atom stereocenters. The Balaban J connectivity index is 2.50. The lowest BCUT2D eigenvalue weighted by Gasteiger charge is -2.10. The summed E-state index contributed by atoms with van der Waals surface area (Å²) in [6, 6.07) is 3.54. The van der Waals surface area contributed by atoms with E-state index in [0.717, 1.165) is 10.2 Å². The van der Waals surface area contributed by atoms with Gasteiger partial charge < -0.3 is 10.5 Å². The highest BCUT2D eigenvalue weighted by Crippen LogP contribution is 2.16. The third kappa shape index (κ3) is 3.97. The van der Waals surface area contributed by atoms with Gasteiger partial charge in [0, 0.05) is 18.7 Å². The Morgan fingerprint density at radius 3 is 2.93 bits per heavy atom. The molecule has 4 nitrogen and oxygen atoms in total. The average molecular weight is 273 g/mol. The molecule has 0 aromatic carbocycles. The van der Waals surface area contributed by atoms with Crippen LogP contribution in [-0.2, 0) is 9.53 Å². The average Bonchev–Trinajstić information content (AvgIpc) is 2.26. The van der Waals surface area contributed by atoms with Gasteiger partial charge in [-0.2, -0.15) is 0 Å². The van der Waals surface area contributed by atoms with E-state index in [9.17, 15) is 4.79 Å². The highest BCUT2D eigenvalue weighted by molar-refractivity contribution is 9.10. The molecule has 0 aliphatic heterocycles. The van der Waals surface area contributed by atoms with Crippen LogP contribution in [0, 0.1) is 0 Å². The normalized spacial score (nSPS) is 12.2. The van der Waals surface area contributed by atoms with Crippen molar-refractivity contribution in [1.82, 2.24) is 4.98 Å². The maximum Gasteiger partial charge on any atom is 0.305 e. The molecule has 0 fully saturated rings. The number of carbonyl (C=O) groups is 1. The third-order valence-electron chi connectivity index (χ3n) is 2.07. The monoisotopic (exact) mass is 272 g/mol. The molecule has 5 heteroatoms. The molecule has 1 heterocycles. The van der Waals surface area contributed by atoms with E-state index in [1.165, 1.54) is 7.11 Å². The Morgan fingerprint density at radius 1 is 1.67 bits per heavy atom. The molecule has 2 N–H and O–H groups in total. The number of carbonyl (C=O) groups excluding carboxylic acids is 1. The van der Waals surface area contributed by atoms with Crippen LogP contribution in [0.15, 0.2) is 22.9 Å². The van der Waals surface area contributed by atoms with Crippen molar-refractivity contribution in [2.45, 2.75) is 18.9 Å². The second-order valence-electron chi connectivity index (χ2n) is 3.14. The topological polar surface area (TPSA) is 65.2 Å². The van der Waals surface area contributed by atoms with Crippen LogP contribution in [-0.4, -0.2) is 18.1 Å². The second-order valence-corrected chi connectivity index (χ2v) is 3.95. The van der Waals surface area contributed by atoms with E-state index in [-0.39, 0.29) is 12.0 Å². The lowest BCUT2D eigenvalue weighted by atomic mass is 10.1. The molecule has 0 aliphatic rings. The fourth-order valence-electron chi connectivity index (χ4n) is 1.15. The van der Waals surface area contributed by atoms with Gasteiger partial charge in [-0.3, -0.25) is 4.79 Å². The van der Waals surface area contributed by atoms with Crippen molar-refractivity contribution in [2.24, 2.45) is 5.73 Å². The van der Waals surface area contributed by atoms with E-state index in [2.05, 4.69) is 25.7 Å². The molecule has 82 valence electrons. The van der Waals surface area contributed by atoms with Crippen LogP contribution in [0.2, 0.25) is 0 Å². The van der Waals surface area contributed by atoms with Crippen molar-refractivity contribution in [1.29, 1.82) is 0 Å². The van der Waals surface area contributed by atoms with Crippen LogP contribution in [0.5, 0.6) is 0 Å². The van der Waals surface area contributed by atoms with Crippen molar-refractivity contribution < 1.29 is 9.53 Å². The summed E-state index contributed by atoms with van der Waals surface area (Å²) in [4.78, 5) is 15.0. The smallest absolute Gasteiger partial charge is 0.305 e. The first kappa shape index (κ1) is 12.1. The van der Waals surface area contributed by atoms with E-state index in [0.29, 0.717) is 12.8 Å². The Morgan fingerprint density at radius 2 is 2.40 bits per heavy atom. The Kier molecular flexibility index (Phi) is 4.71. The minimum Gasteiger partial charge on any atom is -0.469 e. The van der Waals surface area contributed by atoms with Crippen molar-refractivity contribution in [3.05, 3.63) is 28.5 Å². The zero-order valence-corrected chi connectivity index (χ0v) is 10.0. The van der Waals surface area contributed by atoms with E-state index in [1.54, 1.807) is 6.20 Å². The number of esters is 1. The third-order valence-corrected chi connectivity index (χ3v) is 2.53. The number of pyridine rings is 1. The zero-order valence-electron chi connectivity index (χ0n) is 8.44. The van der Waals surface area contributed by atoms with E-state index >= 15 is 0 Å². The first-order valence-corrected chi connectivity index (χ1v) is 5.36. The van der Waals surface area contributed by atoms with Gasteiger partial charge >= 0.3 is 5.97 Å². The summed E-state index contributed by atoms with van der Waals surface area (Å²) in [6.07, 6.45) is 2.59. The summed E-state index contributed by atoms with van der Waals surface area (Å²) in [5.41, 5.74) is 6.80. The molecular weight excluding hydrogens is 260 g/mol. The van der Waals surface area contributed by atoms with Gasteiger partial charge in [0.15, 0.2) is 0 Å². The van der Waals surface area contributed by atoms with E-state index in [1.807, 2.05) is 12.1 Å². The van der Waals surface area contributed by atoms with Crippen molar-refractivity contribution in [3.8, 4) is 0 Å². The van der Waals surface area contributed by atoms with Gasteiger partial charge in [-0.05, 0) is 34.0 Å². The first-order chi connectivity index (χ1) is 7.13. The number of aromatic nitrogens is 1. The molecule has 0 amide bonds. The molecule has 15 heavy (non-hydrogen) atoms. The van der Waals surface area contributed by atoms with Crippen LogP contribution in [0.25, 0.3) is 0 Å². The zero-order chi connectivity index (χ0) is 11.3. The predicted octanol–water partition coefficient (Wildman–Crippen LogP) is 1.80. The second kappa shape index (κ2) is 5.82. The van der Waals surface area contributed by atoms with Gasteiger partial charge in [0.2, 0.25) is 0 Å². The molecule has 0 spiro atoms. The van der Waals surface area contributed by atoms with Gasteiger partial charge in [0.25, 0.3) is 0 Å². The number of nitrogens with zero attached hydrogens (tertiary/aromatic N) is 1. The van der Waals surface area contributed by atoms with Gasteiger partial charge in [-0.25, -0.2) is 4.98 Å².